The highest BCUT2D eigenvalue weighted by molar-refractivity contribution is 7.89. The highest BCUT2D eigenvalue weighted by Crippen LogP contribution is 2.31. The molecule has 5 rings (SSSR count). The average Bonchev–Trinajstić information content (AvgIpc) is 3.40. The molecule has 0 saturated carbocycles. The van der Waals surface area contributed by atoms with Gasteiger partial charge in [0.1, 0.15) is 15.5 Å². The second-order valence-corrected chi connectivity index (χ2v) is 10.7. The van der Waals surface area contributed by atoms with E-state index in [9.17, 15) is 17.6 Å². The van der Waals surface area contributed by atoms with Crippen molar-refractivity contribution in [2.45, 2.75) is 11.8 Å². The zero-order valence-electron chi connectivity index (χ0n) is 17.8. The van der Waals surface area contributed by atoms with Gasteiger partial charge in [0.25, 0.3) is 5.91 Å². The first-order valence-corrected chi connectivity index (χ1v) is 12.7. The summed E-state index contributed by atoms with van der Waals surface area (Å²) in [5, 5.41) is 5.53. The van der Waals surface area contributed by atoms with Gasteiger partial charge in [-0.3, -0.25) is 4.79 Å². The molecule has 3 heterocycles. The number of carbonyl (C=O) groups is 1. The predicted octanol–water partition coefficient (Wildman–Crippen LogP) is 3.68. The Morgan fingerprint density at radius 1 is 1.00 bits per heavy atom. The van der Waals surface area contributed by atoms with Crippen molar-refractivity contribution in [2.24, 2.45) is 0 Å². The molecule has 2 aromatic carbocycles. The van der Waals surface area contributed by atoms with Crippen molar-refractivity contribution in [3.63, 3.8) is 0 Å². The highest BCUT2D eigenvalue weighted by Gasteiger charge is 2.32. The van der Waals surface area contributed by atoms with Crippen LogP contribution in [0, 0.1) is 12.7 Å². The Kier molecular flexibility index (Phi) is 5.51. The van der Waals surface area contributed by atoms with E-state index in [0.717, 1.165) is 27.7 Å². The molecule has 0 unspecified atom stereocenters. The maximum absolute atomic E-state index is 14.0. The minimum atomic E-state index is -3.95. The van der Waals surface area contributed by atoms with Crippen molar-refractivity contribution in [2.75, 3.05) is 26.2 Å². The normalized spacial score (nSPS) is 15.3. The number of hydrogen-bond acceptors (Lipinski definition) is 5. The molecule has 0 bridgehead atoms. The van der Waals surface area contributed by atoms with E-state index in [1.165, 1.54) is 33.8 Å². The molecule has 1 fully saturated rings. The number of rotatable bonds is 4. The van der Waals surface area contributed by atoms with E-state index in [1.54, 1.807) is 4.90 Å². The smallest absolute Gasteiger partial charge is 0.264 e. The minimum absolute atomic E-state index is 0.115. The number of fused-ring (bicyclic) bond motifs is 1. The minimum Gasteiger partial charge on any atom is -0.335 e. The van der Waals surface area contributed by atoms with Crippen LogP contribution in [-0.4, -0.2) is 59.5 Å². The zero-order valence-corrected chi connectivity index (χ0v) is 19.4. The number of piperazine rings is 1. The van der Waals surface area contributed by atoms with Gasteiger partial charge in [0, 0.05) is 31.6 Å². The van der Waals surface area contributed by atoms with Crippen LogP contribution in [0.4, 0.5) is 4.39 Å². The fraction of sp³-hybridized carbons (Fsp3) is 0.217. The van der Waals surface area contributed by atoms with Gasteiger partial charge in [0.05, 0.1) is 16.3 Å². The first-order valence-electron chi connectivity index (χ1n) is 10.4. The number of nitrogens with zero attached hydrogens (tertiary/aromatic N) is 4. The van der Waals surface area contributed by atoms with Crippen LogP contribution in [0.1, 0.15) is 15.4 Å². The van der Waals surface area contributed by atoms with E-state index in [-0.39, 0.29) is 37.0 Å². The Balaban J connectivity index is 1.35. The molecule has 10 heteroatoms. The standard InChI is InChI=1S/C23H21FN4O3S2/c1-16-18-15-20(32-23(18)28(25-16)17-7-3-2-4-8-17)22(29)26-11-13-27(14-12-26)33(30,31)21-10-6-5-9-19(21)24/h2-10,15H,11-14H2,1H3. The van der Waals surface area contributed by atoms with E-state index in [1.807, 2.05) is 48.0 Å². The molecule has 1 saturated heterocycles. The number of hydrogen-bond donors (Lipinski definition) is 0. The monoisotopic (exact) mass is 484 g/mol. The maximum atomic E-state index is 14.0. The van der Waals surface area contributed by atoms with Gasteiger partial charge in [-0.2, -0.15) is 9.40 Å². The van der Waals surface area contributed by atoms with E-state index in [0.29, 0.717) is 4.88 Å². The van der Waals surface area contributed by atoms with Crippen molar-refractivity contribution in [1.29, 1.82) is 0 Å². The third kappa shape index (κ3) is 3.84. The molecule has 0 N–H and O–H groups in total. The lowest BCUT2D eigenvalue weighted by atomic mass is 10.2. The fourth-order valence-electron chi connectivity index (χ4n) is 3.98. The van der Waals surface area contributed by atoms with Gasteiger partial charge >= 0.3 is 0 Å². The van der Waals surface area contributed by atoms with Crippen LogP contribution in [0.25, 0.3) is 15.9 Å². The Bertz CT molecular complexity index is 1440. The number of thiophene rings is 1. The number of para-hydroxylation sites is 1. The van der Waals surface area contributed by atoms with Gasteiger partial charge in [0.2, 0.25) is 10.0 Å². The summed E-state index contributed by atoms with van der Waals surface area (Å²) in [6.07, 6.45) is 0. The van der Waals surface area contributed by atoms with Gasteiger partial charge in [-0.1, -0.05) is 30.3 Å². The van der Waals surface area contributed by atoms with E-state index in [4.69, 9.17) is 0 Å². The molecule has 1 aliphatic heterocycles. The predicted molar refractivity (Wildman–Crippen MR) is 125 cm³/mol. The van der Waals surface area contributed by atoms with Crippen molar-refractivity contribution >= 4 is 37.5 Å². The quantitative estimate of drug-likeness (QED) is 0.443. The Hall–Kier alpha value is -3.08. The molecule has 0 atom stereocenters. The van der Waals surface area contributed by atoms with Crippen LogP contribution < -0.4 is 0 Å². The molecule has 2 aromatic heterocycles. The first kappa shape index (κ1) is 21.7. The molecular weight excluding hydrogens is 463 g/mol. The lowest BCUT2D eigenvalue weighted by Crippen LogP contribution is -2.50. The molecule has 170 valence electrons. The number of amides is 1. The molecule has 33 heavy (non-hydrogen) atoms. The summed E-state index contributed by atoms with van der Waals surface area (Å²) >= 11 is 1.37. The fourth-order valence-corrected chi connectivity index (χ4v) is 6.62. The lowest BCUT2D eigenvalue weighted by molar-refractivity contribution is 0.0702. The van der Waals surface area contributed by atoms with Gasteiger partial charge < -0.3 is 4.90 Å². The number of benzene rings is 2. The molecule has 0 aliphatic carbocycles. The van der Waals surface area contributed by atoms with Crippen LogP contribution in [0.2, 0.25) is 0 Å². The molecule has 1 aliphatic rings. The highest BCUT2D eigenvalue weighted by atomic mass is 32.2. The summed E-state index contributed by atoms with van der Waals surface area (Å²) in [5.74, 6) is -0.915. The number of aromatic nitrogens is 2. The Morgan fingerprint density at radius 2 is 1.67 bits per heavy atom. The second-order valence-electron chi connectivity index (χ2n) is 7.79. The van der Waals surface area contributed by atoms with E-state index in [2.05, 4.69) is 5.10 Å². The SMILES string of the molecule is Cc1nn(-c2ccccc2)c2sc(C(=O)N3CCN(S(=O)(=O)c4ccccc4F)CC3)cc12. The Labute approximate surface area is 194 Å². The van der Waals surface area contributed by atoms with E-state index < -0.39 is 15.8 Å². The van der Waals surface area contributed by atoms with Gasteiger partial charge in [-0.15, -0.1) is 11.3 Å². The van der Waals surface area contributed by atoms with Gasteiger partial charge in [0.15, 0.2) is 0 Å². The van der Waals surface area contributed by atoms with Crippen LogP contribution in [0.5, 0.6) is 0 Å². The third-order valence-electron chi connectivity index (χ3n) is 5.74. The van der Waals surface area contributed by atoms with Crippen molar-refractivity contribution in [3.05, 3.63) is 77.1 Å². The molecule has 7 nitrogen and oxygen atoms in total. The summed E-state index contributed by atoms with van der Waals surface area (Å²) in [7, 11) is -3.95. The summed E-state index contributed by atoms with van der Waals surface area (Å²) in [6, 6.07) is 16.9. The molecule has 0 radical (unpaired) electrons. The number of sulfonamides is 1. The molecule has 0 spiro atoms. The van der Waals surface area contributed by atoms with Crippen molar-refractivity contribution in [3.8, 4) is 5.69 Å². The van der Waals surface area contributed by atoms with Crippen LogP contribution >= 0.6 is 11.3 Å². The third-order valence-corrected chi connectivity index (χ3v) is 8.77. The number of halogens is 1. The lowest BCUT2D eigenvalue weighted by Gasteiger charge is -2.33. The van der Waals surface area contributed by atoms with Gasteiger partial charge in [-0.05, 0) is 37.3 Å². The average molecular weight is 485 g/mol. The van der Waals surface area contributed by atoms with E-state index >= 15 is 0 Å². The van der Waals surface area contributed by atoms with Crippen LogP contribution in [-0.2, 0) is 10.0 Å². The van der Waals surface area contributed by atoms with Crippen LogP contribution in [0.15, 0.2) is 65.6 Å². The second kappa shape index (κ2) is 8.36. The topological polar surface area (TPSA) is 75.5 Å². The van der Waals surface area contributed by atoms with Crippen molar-refractivity contribution < 1.29 is 17.6 Å². The first-order chi connectivity index (χ1) is 15.9. The number of aryl methyl sites for hydroxylation is 1. The summed E-state index contributed by atoms with van der Waals surface area (Å²) < 4.78 is 42.8. The van der Waals surface area contributed by atoms with Gasteiger partial charge in [-0.25, -0.2) is 17.5 Å². The van der Waals surface area contributed by atoms with Crippen molar-refractivity contribution in [1.82, 2.24) is 19.0 Å². The molecule has 1 amide bonds. The zero-order chi connectivity index (χ0) is 23.2. The summed E-state index contributed by atoms with van der Waals surface area (Å²) in [5.41, 5.74) is 1.76. The molecular formula is C23H21FN4O3S2. The Morgan fingerprint density at radius 3 is 2.36 bits per heavy atom. The number of carbonyl (C=O) groups excluding carboxylic acids is 1. The van der Waals surface area contributed by atoms with Crippen LogP contribution in [0.3, 0.4) is 0 Å². The summed E-state index contributed by atoms with van der Waals surface area (Å²) in [6.45, 7) is 2.62. The maximum Gasteiger partial charge on any atom is 0.264 e. The molecule has 4 aromatic rings. The largest absolute Gasteiger partial charge is 0.335 e. The summed E-state index contributed by atoms with van der Waals surface area (Å²) in [4.78, 5) is 16.0.